The third-order valence-corrected chi connectivity index (χ3v) is 6.74. The summed E-state index contributed by atoms with van der Waals surface area (Å²) in [6, 6.07) is 14.0. The van der Waals surface area contributed by atoms with E-state index in [1.54, 1.807) is 0 Å². The lowest BCUT2D eigenvalue weighted by Crippen LogP contribution is -2.47. The lowest BCUT2D eigenvalue weighted by molar-refractivity contribution is 0.193. The Bertz CT molecular complexity index is 1120. The molecule has 0 amide bonds. The maximum atomic E-state index is 6.18. The Labute approximate surface area is 193 Å². The van der Waals surface area contributed by atoms with E-state index < -0.39 is 0 Å². The lowest BCUT2D eigenvalue weighted by atomic mass is 10.1. The van der Waals surface area contributed by atoms with Crippen molar-refractivity contribution in [2.75, 3.05) is 31.1 Å². The van der Waals surface area contributed by atoms with Crippen LogP contribution in [0.1, 0.15) is 17.0 Å². The van der Waals surface area contributed by atoms with E-state index in [9.17, 15) is 0 Å². The molecule has 8 heteroatoms. The number of para-hydroxylation sites is 1. The highest BCUT2D eigenvalue weighted by Crippen LogP contribution is 2.25. The van der Waals surface area contributed by atoms with Gasteiger partial charge in [0.15, 0.2) is 10.6 Å². The molecule has 0 radical (unpaired) electrons. The summed E-state index contributed by atoms with van der Waals surface area (Å²) in [6.07, 6.45) is 0. The van der Waals surface area contributed by atoms with Crippen molar-refractivity contribution in [3.63, 3.8) is 0 Å². The quantitative estimate of drug-likeness (QED) is 0.506. The van der Waals surface area contributed by atoms with Crippen molar-refractivity contribution in [2.24, 2.45) is 7.05 Å². The van der Waals surface area contributed by atoms with Crippen LogP contribution in [0.3, 0.4) is 0 Å². The topological polar surface area (TPSA) is 38.5 Å². The fraction of sp³-hybridized carbons (Fsp3) is 0.391. The molecule has 1 fully saturated rings. The Morgan fingerprint density at radius 3 is 2.52 bits per heavy atom. The second-order valence-corrected chi connectivity index (χ2v) is 8.71. The van der Waals surface area contributed by atoms with Crippen molar-refractivity contribution < 1.29 is 4.74 Å². The highest BCUT2D eigenvalue weighted by Gasteiger charge is 2.20. The largest absolute Gasteiger partial charge is 0.484 e. The third kappa shape index (κ3) is 4.79. The minimum absolute atomic E-state index is 0.317. The first kappa shape index (κ1) is 21.9. The van der Waals surface area contributed by atoms with Gasteiger partial charge in [-0.05, 0) is 55.4 Å². The Hall–Kier alpha value is -2.35. The molecule has 0 spiro atoms. The van der Waals surface area contributed by atoms with Gasteiger partial charge in [0, 0.05) is 38.9 Å². The van der Waals surface area contributed by atoms with Crippen molar-refractivity contribution in [2.45, 2.75) is 27.1 Å². The molecule has 1 aliphatic rings. The van der Waals surface area contributed by atoms with Gasteiger partial charge in [-0.3, -0.25) is 4.90 Å². The summed E-state index contributed by atoms with van der Waals surface area (Å²) in [5, 5.41) is 5.29. The predicted octanol–water partition coefficient (Wildman–Crippen LogP) is 4.58. The van der Waals surface area contributed by atoms with E-state index in [0.29, 0.717) is 28.8 Å². The number of hydrogen-bond donors (Lipinski definition) is 0. The van der Waals surface area contributed by atoms with Crippen molar-refractivity contribution in [3.8, 4) is 5.75 Å². The smallest absolute Gasteiger partial charge is 0.198 e. The molecule has 4 rings (SSSR count). The van der Waals surface area contributed by atoms with Gasteiger partial charge in [-0.15, -0.1) is 0 Å². The predicted molar refractivity (Wildman–Crippen MR) is 128 cm³/mol. The highest BCUT2D eigenvalue weighted by molar-refractivity contribution is 7.71. The zero-order valence-corrected chi connectivity index (χ0v) is 19.8. The first-order valence-corrected chi connectivity index (χ1v) is 11.3. The molecule has 0 N–H and O–H groups in total. The maximum Gasteiger partial charge on any atom is 0.198 e. The van der Waals surface area contributed by atoms with E-state index in [1.165, 1.54) is 16.8 Å². The Morgan fingerprint density at radius 1 is 1.03 bits per heavy atom. The summed E-state index contributed by atoms with van der Waals surface area (Å²) in [6.45, 7) is 9.30. The molecule has 1 aromatic heterocycles. The molecule has 0 unspecified atom stereocenters. The Balaban J connectivity index is 1.38. The van der Waals surface area contributed by atoms with Crippen molar-refractivity contribution >= 4 is 29.5 Å². The minimum atomic E-state index is 0.317. The summed E-state index contributed by atoms with van der Waals surface area (Å²) < 4.78 is 10.3. The summed E-state index contributed by atoms with van der Waals surface area (Å²) in [7, 11) is 1.93. The van der Waals surface area contributed by atoms with Gasteiger partial charge in [-0.2, -0.15) is 5.10 Å². The Morgan fingerprint density at radius 2 is 1.77 bits per heavy atom. The second-order valence-electron chi connectivity index (χ2n) is 7.94. The van der Waals surface area contributed by atoms with Gasteiger partial charge in [-0.25, -0.2) is 4.68 Å². The molecule has 164 valence electrons. The summed E-state index contributed by atoms with van der Waals surface area (Å²) >= 11 is 11.8. The maximum absolute atomic E-state index is 6.18. The van der Waals surface area contributed by atoms with E-state index in [1.807, 2.05) is 40.6 Å². The minimum Gasteiger partial charge on any atom is -0.484 e. The number of aryl methyl sites for hydroxylation is 1. The first-order chi connectivity index (χ1) is 14.9. The van der Waals surface area contributed by atoms with Crippen LogP contribution in [0.25, 0.3) is 0 Å². The molecule has 0 atom stereocenters. The number of hydrogen-bond acceptors (Lipinski definition) is 5. The normalized spacial score (nSPS) is 14.8. The number of ether oxygens (including phenoxy) is 1. The number of aromatic nitrogens is 3. The third-order valence-electron chi connectivity index (χ3n) is 5.95. The molecule has 0 saturated carbocycles. The van der Waals surface area contributed by atoms with Crippen LogP contribution in [-0.4, -0.2) is 45.4 Å². The van der Waals surface area contributed by atoms with Gasteiger partial charge in [0.2, 0.25) is 0 Å². The number of nitrogens with zero attached hydrogens (tertiary/aromatic N) is 5. The molecule has 2 aromatic carbocycles. The molecule has 3 aromatic rings. The van der Waals surface area contributed by atoms with Crippen LogP contribution in [0.5, 0.6) is 5.75 Å². The van der Waals surface area contributed by atoms with Gasteiger partial charge in [0.25, 0.3) is 0 Å². The number of piperazine rings is 1. The van der Waals surface area contributed by atoms with Crippen LogP contribution in [0.15, 0.2) is 42.5 Å². The molecule has 1 aliphatic heterocycles. The van der Waals surface area contributed by atoms with Crippen LogP contribution in [-0.2, 0) is 20.3 Å². The number of anilines is 1. The van der Waals surface area contributed by atoms with Gasteiger partial charge >= 0.3 is 0 Å². The van der Waals surface area contributed by atoms with Crippen molar-refractivity contribution in [1.29, 1.82) is 0 Å². The van der Waals surface area contributed by atoms with Gasteiger partial charge in [0.1, 0.15) is 12.4 Å². The molecule has 1 saturated heterocycles. The number of rotatable bonds is 6. The standard InChI is InChI=1S/C23H28ClN5OS/c1-17-7-6-9-20(18(17)2)28-13-11-27(12-14-28)16-29-23(31)26(3)22(25-29)15-30-21-10-5-4-8-19(21)24/h4-10H,11-16H2,1-3H3. The fourth-order valence-corrected chi connectivity index (χ4v) is 4.25. The SMILES string of the molecule is Cc1cccc(N2CCN(Cn3nc(COc4ccccc4Cl)n(C)c3=S)CC2)c1C. The summed E-state index contributed by atoms with van der Waals surface area (Å²) in [4.78, 5) is 4.86. The van der Waals surface area contributed by atoms with Crippen molar-refractivity contribution in [1.82, 2.24) is 19.2 Å². The van der Waals surface area contributed by atoms with Crippen LogP contribution < -0.4 is 9.64 Å². The fourth-order valence-electron chi connectivity index (χ4n) is 3.85. The van der Waals surface area contributed by atoms with E-state index in [-0.39, 0.29) is 0 Å². The van der Waals surface area contributed by atoms with E-state index in [4.69, 9.17) is 33.7 Å². The summed E-state index contributed by atoms with van der Waals surface area (Å²) in [5.74, 6) is 1.42. The van der Waals surface area contributed by atoms with E-state index in [2.05, 4.69) is 41.8 Å². The average molecular weight is 458 g/mol. The molecule has 0 aliphatic carbocycles. The van der Waals surface area contributed by atoms with Gasteiger partial charge in [0.05, 0.1) is 11.7 Å². The van der Waals surface area contributed by atoms with Crippen molar-refractivity contribution in [3.05, 3.63) is 69.2 Å². The molecule has 31 heavy (non-hydrogen) atoms. The molecule has 0 bridgehead atoms. The average Bonchev–Trinajstić information content (AvgIpc) is 3.04. The lowest BCUT2D eigenvalue weighted by Gasteiger charge is -2.36. The monoisotopic (exact) mass is 457 g/mol. The molecule has 2 heterocycles. The number of benzene rings is 2. The number of halogens is 1. The molecular formula is C23H28ClN5OS. The van der Waals surface area contributed by atoms with Crippen LogP contribution in [0.4, 0.5) is 5.69 Å². The van der Waals surface area contributed by atoms with Crippen LogP contribution in [0.2, 0.25) is 5.02 Å². The van der Waals surface area contributed by atoms with Crippen LogP contribution >= 0.6 is 23.8 Å². The van der Waals surface area contributed by atoms with Gasteiger partial charge in [-0.1, -0.05) is 35.9 Å². The Kier molecular flexibility index (Phi) is 6.65. The van der Waals surface area contributed by atoms with Crippen LogP contribution in [0, 0.1) is 18.6 Å². The van der Waals surface area contributed by atoms with Gasteiger partial charge < -0.3 is 14.2 Å². The first-order valence-electron chi connectivity index (χ1n) is 10.5. The second kappa shape index (κ2) is 9.42. The highest BCUT2D eigenvalue weighted by atomic mass is 35.5. The zero-order chi connectivity index (χ0) is 22.0. The molecular weight excluding hydrogens is 430 g/mol. The summed E-state index contributed by atoms with van der Waals surface area (Å²) in [5.41, 5.74) is 4.05. The molecule has 6 nitrogen and oxygen atoms in total. The zero-order valence-electron chi connectivity index (χ0n) is 18.2. The van der Waals surface area contributed by atoms with E-state index in [0.717, 1.165) is 32.0 Å². The van der Waals surface area contributed by atoms with E-state index >= 15 is 0 Å².